The van der Waals surface area contributed by atoms with Gasteiger partial charge in [0.15, 0.2) is 0 Å². The van der Waals surface area contributed by atoms with Crippen molar-refractivity contribution in [3.05, 3.63) is 46.8 Å². The molecule has 0 N–H and O–H groups in total. The van der Waals surface area contributed by atoms with Gasteiger partial charge in [-0.25, -0.2) is 4.39 Å². The van der Waals surface area contributed by atoms with E-state index in [4.69, 9.17) is 0 Å². The van der Waals surface area contributed by atoms with E-state index in [1.807, 2.05) is 28.3 Å². The minimum Gasteiger partial charge on any atom is -0.337 e. The molecule has 24 heavy (non-hydrogen) atoms. The summed E-state index contributed by atoms with van der Waals surface area (Å²) in [5.41, 5.74) is 2.05. The average molecular weight is 329 g/mol. The number of aryl methyl sites for hydroxylation is 1. The number of nitrogens with zero attached hydrogens (tertiary/aromatic N) is 5. The van der Waals surface area contributed by atoms with Gasteiger partial charge >= 0.3 is 0 Å². The first-order chi connectivity index (χ1) is 11.5. The van der Waals surface area contributed by atoms with Crippen molar-refractivity contribution in [1.82, 2.24) is 24.6 Å². The van der Waals surface area contributed by atoms with Gasteiger partial charge in [-0.15, -0.1) is 10.2 Å². The smallest absolute Gasteiger partial charge is 0.242 e. The Bertz CT molecular complexity index is 802. The third kappa shape index (κ3) is 2.49. The number of halogens is 1. The Kier molecular flexibility index (Phi) is 3.60. The fourth-order valence-corrected chi connectivity index (χ4v) is 3.61. The topological polar surface area (TPSA) is 54.3 Å². The lowest BCUT2D eigenvalue weighted by Gasteiger charge is -2.37. The van der Waals surface area contributed by atoms with Gasteiger partial charge in [0.1, 0.15) is 23.5 Å². The first-order valence-electron chi connectivity index (χ1n) is 8.18. The normalized spacial score (nSPS) is 20.6. The van der Waals surface area contributed by atoms with Gasteiger partial charge in [0.05, 0.1) is 13.1 Å². The maximum absolute atomic E-state index is 13.3. The van der Waals surface area contributed by atoms with Crippen LogP contribution in [0.1, 0.15) is 22.8 Å². The van der Waals surface area contributed by atoms with Crippen molar-refractivity contribution >= 4 is 5.91 Å². The van der Waals surface area contributed by atoms with Crippen LogP contribution in [0.2, 0.25) is 0 Å². The predicted octanol–water partition coefficient (Wildman–Crippen LogP) is 1.12. The Morgan fingerprint density at radius 2 is 2.08 bits per heavy atom. The minimum atomic E-state index is -0.214. The number of rotatable bonds is 1. The van der Waals surface area contributed by atoms with Crippen molar-refractivity contribution in [2.24, 2.45) is 0 Å². The van der Waals surface area contributed by atoms with Crippen LogP contribution in [0.25, 0.3) is 0 Å². The summed E-state index contributed by atoms with van der Waals surface area (Å²) in [7, 11) is 1.95. The number of carbonyl (C=O) groups is 1. The summed E-state index contributed by atoms with van der Waals surface area (Å²) in [5.74, 6) is 1.65. The van der Waals surface area contributed by atoms with Crippen LogP contribution < -0.4 is 0 Å². The van der Waals surface area contributed by atoms with Crippen molar-refractivity contribution < 1.29 is 9.18 Å². The van der Waals surface area contributed by atoms with E-state index in [2.05, 4.69) is 10.2 Å². The lowest BCUT2D eigenvalue weighted by Crippen LogP contribution is -2.52. The van der Waals surface area contributed by atoms with Crippen molar-refractivity contribution in [1.29, 1.82) is 0 Å². The van der Waals surface area contributed by atoms with Crippen LogP contribution in [0.5, 0.6) is 0 Å². The number of fused-ring (bicyclic) bond motifs is 2. The summed E-state index contributed by atoms with van der Waals surface area (Å²) in [6.07, 6.45) is 0.701. The van der Waals surface area contributed by atoms with Crippen LogP contribution >= 0.6 is 0 Å². The molecule has 4 rings (SSSR count). The number of benzene rings is 1. The molecular weight excluding hydrogens is 309 g/mol. The summed E-state index contributed by atoms with van der Waals surface area (Å²) in [6.45, 7) is 4.29. The average Bonchev–Trinajstić information content (AvgIpc) is 2.93. The molecule has 2 aliphatic heterocycles. The number of hydrogen-bond acceptors (Lipinski definition) is 4. The Labute approximate surface area is 139 Å². The molecule has 3 heterocycles. The van der Waals surface area contributed by atoms with E-state index < -0.39 is 0 Å². The third-order valence-corrected chi connectivity index (χ3v) is 5.07. The Morgan fingerprint density at radius 1 is 1.25 bits per heavy atom. The molecule has 1 atom stereocenters. The molecule has 1 unspecified atom stereocenters. The van der Waals surface area contributed by atoms with Gasteiger partial charge in [0, 0.05) is 13.1 Å². The Balaban J connectivity index is 1.54. The molecule has 0 bridgehead atoms. The molecule has 2 aliphatic rings. The van der Waals surface area contributed by atoms with Crippen LogP contribution in [-0.2, 0) is 30.8 Å². The van der Waals surface area contributed by atoms with Crippen LogP contribution in [0.3, 0.4) is 0 Å². The van der Waals surface area contributed by atoms with Gasteiger partial charge in [0.25, 0.3) is 0 Å². The van der Waals surface area contributed by atoms with Crippen LogP contribution in [0.15, 0.2) is 18.2 Å². The molecule has 1 amide bonds. The monoisotopic (exact) mass is 329 g/mol. The lowest BCUT2D eigenvalue weighted by molar-refractivity contribution is -0.139. The largest absolute Gasteiger partial charge is 0.337 e. The highest BCUT2D eigenvalue weighted by Gasteiger charge is 2.34. The number of aromatic nitrogens is 3. The molecule has 6 nitrogen and oxygen atoms in total. The van der Waals surface area contributed by atoms with Gasteiger partial charge in [-0.3, -0.25) is 9.69 Å². The standard InChI is InChI=1S/C17H20FN5O/c1-11-19-20-16-10-21(2)15(9-23(11)16)17(24)22-6-5-12-7-14(18)4-3-13(12)8-22/h3-4,7,15H,5-6,8-10H2,1-2H3. The summed E-state index contributed by atoms with van der Waals surface area (Å²) in [5, 5.41) is 8.26. The van der Waals surface area contributed by atoms with Crippen molar-refractivity contribution in [2.45, 2.75) is 39.0 Å². The first-order valence-corrected chi connectivity index (χ1v) is 8.18. The van der Waals surface area contributed by atoms with E-state index in [-0.39, 0.29) is 17.8 Å². The second kappa shape index (κ2) is 5.66. The number of carbonyl (C=O) groups excluding carboxylic acids is 1. The fraction of sp³-hybridized carbons (Fsp3) is 0.471. The molecule has 2 aromatic rings. The molecular formula is C17H20FN5O. The highest BCUT2D eigenvalue weighted by molar-refractivity contribution is 5.82. The molecule has 0 radical (unpaired) electrons. The number of likely N-dealkylation sites (N-methyl/N-ethyl adjacent to an activating group) is 1. The zero-order valence-corrected chi connectivity index (χ0v) is 13.9. The van der Waals surface area contributed by atoms with Gasteiger partial charge in [-0.05, 0) is 43.7 Å². The molecule has 0 spiro atoms. The van der Waals surface area contributed by atoms with E-state index in [9.17, 15) is 9.18 Å². The van der Waals surface area contributed by atoms with Gasteiger partial charge < -0.3 is 9.47 Å². The second-order valence-corrected chi connectivity index (χ2v) is 6.63. The van der Waals surface area contributed by atoms with Crippen LogP contribution in [0.4, 0.5) is 4.39 Å². The maximum Gasteiger partial charge on any atom is 0.242 e. The van der Waals surface area contributed by atoms with Gasteiger partial charge in [-0.1, -0.05) is 6.07 Å². The SMILES string of the molecule is Cc1nnc2n1CC(C(=O)N1CCc3cc(F)ccc3C1)N(C)C2. The van der Waals surface area contributed by atoms with Gasteiger partial charge in [0.2, 0.25) is 5.91 Å². The van der Waals surface area contributed by atoms with E-state index >= 15 is 0 Å². The van der Waals surface area contributed by atoms with E-state index in [0.29, 0.717) is 32.6 Å². The number of hydrogen-bond donors (Lipinski definition) is 0. The molecule has 0 saturated carbocycles. The summed E-state index contributed by atoms with van der Waals surface area (Å²) in [4.78, 5) is 17.0. The maximum atomic E-state index is 13.3. The molecule has 0 fully saturated rings. The highest BCUT2D eigenvalue weighted by Crippen LogP contribution is 2.23. The van der Waals surface area contributed by atoms with E-state index in [1.54, 1.807) is 12.1 Å². The molecule has 126 valence electrons. The van der Waals surface area contributed by atoms with Crippen molar-refractivity contribution in [3.63, 3.8) is 0 Å². The first kappa shape index (κ1) is 15.3. The second-order valence-electron chi connectivity index (χ2n) is 6.63. The molecule has 0 aliphatic carbocycles. The van der Waals surface area contributed by atoms with Crippen molar-refractivity contribution in [2.75, 3.05) is 13.6 Å². The van der Waals surface area contributed by atoms with Gasteiger partial charge in [-0.2, -0.15) is 0 Å². The quantitative estimate of drug-likeness (QED) is 0.787. The number of amides is 1. The third-order valence-electron chi connectivity index (χ3n) is 5.07. The summed E-state index contributed by atoms with van der Waals surface area (Å²) >= 11 is 0. The Morgan fingerprint density at radius 3 is 2.92 bits per heavy atom. The van der Waals surface area contributed by atoms with Crippen LogP contribution in [-0.4, -0.2) is 50.1 Å². The molecule has 1 aromatic heterocycles. The van der Waals surface area contributed by atoms with E-state index in [1.165, 1.54) is 6.07 Å². The predicted molar refractivity (Wildman–Crippen MR) is 85.5 cm³/mol. The zero-order chi connectivity index (χ0) is 16.8. The Hall–Kier alpha value is -2.28. The van der Waals surface area contributed by atoms with E-state index in [0.717, 1.165) is 22.8 Å². The molecule has 0 saturated heterocycles. The summed E-state index contributed by atoms with van der Waals surface area (Å²) in [6, 6.07) is 4.62. The summed E-state index contributed by atoms with van der Waals surface area (Å²) < 4.78 is 15.4. The van der Waals surface area contributed by atoms with Crippen LogP contribution in [0, 0.1) is 12.7 Å². The zero-order valence-electron chi connectivity index (χ0n) is 13.9. The lowest BCUT2D eigenvalue weighted by atomic mass is 9.98. The highest BCUT2D eigenvalue weighted by atomic mass is 19.1. The molecule has 7 heteroatoms. The fourth-order valence-electron chi connectivity index (χ4n) is 3.61. The minimum absolute atomic E-state index is 0.117. The van der Waals surface area contributed by atoms with Crippen molar-refractivity contribution in [3.8, 4) is 0 Å². The molecule has 1 aromatic carbocycles.